The van der Waals surface area contributed by atoms with E-state index in [0.717, 1.165) is 18.5 Å². The predicted molar refractivity (Wildman–Crippen MR) is 84.0 cm³/mol. The van der Waals surface area contributed by atoms with Crippen LogP contribution in [0, 0.1) is 11.3 Å². The second kappa shape index (κ2) is 6.98. The first kappa shape index (κ1) is 14.4. The first-order chi connectivity index (χ1) is 9.69. The van der Waals surface area contributed by atoms with Crippen molar-refractivity contribution in [1.82, 2.24) is 0 Å². The first-order valence-electron chi connectivity index (χ1n) is 6.69. The van der Waals surface area contributed by atoms with Crippen LogP contribution < -0.4 is 5.32 Å². The van der Waals surface area contributed by atoms with Crippen molar-refractivity contribution in [1.29, 1.82) is 5.26 Å². The molecule has 0 fully saturated rings. The van der Waals surface area contributed by atoms with Gasteiger partial charge in [0.1, 0.15) is 6.07 Å². The van der Waals surface area contributed by atoms with E-state index in [2.05, 4.69) is 42.6 Å². The number of benzene rings is 2. The van der Waals surface area contributed by atoms with Crippen molar-refractivity contribution in [3.05, 3.63) is 64.7 Å². The summed E-state index contributed by atoms with van der Waals surface area (Å²) in [5, 5.41) is 13.1. The standard InChI is InChI=1S/C17H17ClN2/c1-13(7-8-14-5-3-2-4-6-14)20-17-11-16(18)10-9-15(17)12-19/h2-6,9-11,13,20H,7-8H2,1H3. The van der Waals surface area contributed by atoms with Gasteiger partial charge in [-0.05, 0) is 43.5 Å². The van der Waals surface area contributed by atoms with Crippen molar-refractivity contribution < 1.29 is 0 Å². The number of aryl methyl sites for hydroxylation is 1. The Balaban J connectivity index is 1.96. The molecule has 0 saturated heterocycles. The number of nitrogens with zero attached hydrogens (tertiary/aromatic N) is 1. The molecular formula is C17H17ClN2. The van der Waals surface area contributed by atoms with Gasteiger partial charge in [0.25, 0.3) is 0 Å². The van der Waals surface area contributed by atoms with Crippen LogP contribution in [-0.4, -0.2) is 6.04 Å². The van der Waals surface area contributed by atoms with Crippen molar-refractivity contribution in [3.63, 3.8) is 0 Å². The number of hydrogen-bond acceptors (Lipinski definition) is 2. The molecule has 102 valence electrons. The number of nitrogens with one attached hydrogen (secondary N) is 1. The van der Waals surface area contributed by atoms with Crippen molar-refractivity contribution in [3.8, 4) is 6.07 Å². The molecule has 3 heteroatoms. The van der Waals surface area contributed by atoms with Gasteiger partial charge in [-0.3, -0.25) is 0 Å². The molecule has 0 spiro atoms. The summed E-state index contributed by atoms with van der Waals surface area (Å²) in [5.41, 5.74) is 2.76. The predicted octanol–water partition coefficient (Wildman–Crippen LogP) is 4.64. The molecular weight excluding hydrogens is 268 g/mol. The first-order valence-corrected chi connectivity index (χ1v) is 7.07. The topological polar surface area (TPSA) is 35.8 Å². The minimum atomic E-state index is 0.278. The van der Waals surface area contributed by atoms with E-state index in [9.17, 15) is 0 Å². The third-order valence-electron chi connectivity index (χ3n) is 3.21. The monoisotopic (exact) mass is 284 g/mol. The number of nitriles is 1. The van der Waals surface area contributed by atoms with Crippen LogP contribution in [0.15, 0.2) is 48.5 Å². The Morgan fingerprint density at radius 1 is 1.20 bits per heavy atom. The Bertz CT molecular complexity index is 602. The normalized spacial score (nSPS) is 11.7. The third-order valence-corrected chi connectivity index (χ3v) is 3.45. The molecule has 2 rings (SSSR count). The summed E-state index contributed by atoms with van der Waals surface area (Å²) in [7, 11) is 0. The van der Waals surface area contributed by atoms with E-state index in [1.165, 1.54) is 5.56 Å². The van der Waals surface area contributed by atoms with E-state index in [1.54, 1.807) is 18.2 Å². The molecule has 1 unspecified atom stereocenters. The van der Waals surface area contributed by atoms with Gasteiger partial charge in [-0.1, -0.05) is 41.9 Å². The minimum Gasteiger partial charge on any atom is -0.381 e. The highest BCUT2D eigenvalue weighted by molar-refractivity contribution is 6.30. The summed E-state index contributed by atoms with van der Waals surface area (Å²) in [6.45, 7) is 2.12. The van der Waals surface area contributed by atoms with Crippen molar-refractivity contribution in [2.45, 2.75) is 25.8 Å². The highest BCUT2D eigenvalue weighted by Gasteiger charge is 2.07. The summed E-state index contributed by atoms with van der Waals surface area (Å²) in [6, 6.07) is 18.1. The maximum Gasteiger partial charge on any atom is 0.101 e. The lowest BCUT2D eigenvalue weighted by Gasteiger charge is -2.16. The molecule has 1 atom stereocenters. The molecule has 0 aliphatic rings. The fourth-order valence-electron chi connectivity index (χ4n) is 2.10. The van der Waals surface area contributed by atoms with Crippen LogP contribution in [0.5, 0.6) is 0 Å². The average molecular weight is 285 g/mol. The van der Waals surface area contributed by atoms with Gasteiger partial charge >= 0.3 is 0 Å². The zero-order valence-corrected chi connectivity index (χ0v) is 12.2. The molecule has 0 amide bonds. The zero-order valence-electron chi connectivity index (χ0n) is 11.4. The van der Waals surface area contributed by atoms with E-state index in [0.29, 0.717) is 10.6 Å². The van der Waals surface area contributed by atoms with Crippen LogP contribution in [0.25, 0.3) is 0 Å². The molecule has 0 aliphatic heterocycles. The molecule has 0 aliphatic carbocycles. The summed E-state index contributed by atoms with van der Waals surface area (Å²) < 4.78 is 0. The third kappa shape index (κ3) is 4.01. The quantitative estimate of drug-likeness (QED) is 0.868. The lowest BCUT2D eigenvalue weighted by Crippen LogP contribution is -2.16. The number of halogens is 1. The van der Waals surface area contributed by atoms with Gasteiger partial charge in [0.05, 0.1) is 11.3 Å². The molecule has 2 nitrogen and oxygen atoms in total. The Hall–Kier alpha value is -1.98. The second-order valence-corrected chi connectivity index (χ2v) is 5.31. The van der Waals surface area contributed by atoms with Crippen LogP contribution in [-0.2, 0) is 6.42 Å². The fourth-order valence-corrected chi connectivity index (χ4v) is 2.27. The molecule has 0 bridgehead atoms. The van der Waals surface area contributed by atoms with Crippen LogP contribution in [0.2, 0.25) is 5.02 Å². The van der Waals surface area contributed by atoms with Gasteiger partial charge in [-0.25, -0.2) is 0 Å². The SMILES string of the molecule is CC(CCc1ccccc1)Nc1cc(Cl)ccc1C#N. The largest absolute Gasteiger partial charge is 0.381 e. The van der Waals surface area contributed by atoms with E-state index in [1.807, 2.05) is 6.07 Å². The van der Waals surface area contributed by atoms with Crippen molar-refractivity contribution in [2.75, 3.05) is 5.32 Å². The molecule has 0 saturated carbocycles. The van der Waals surface area contributed by atoms with Gasteiger partial charge < -0.3 is 5.32 Å². The lowest BCUT2D eigenvalue weighted by molar-refractivity contribution is 0.706. The molecule has 20 heavy (non-hydrogen) atoms. The lowest BCUT2D eigenvalue weighted by atomic mass is 10.1. The van der Waals surface area contributed by atoms with Gasteiger partial charge in [-0.15, -0.1) is 0 Å². The van der Waals surface area contributed by atoms with E-state index in [4.69, 9.17) is 16.9 Å². The second-order valence-electron chi connectivity index (χ2n) is 4.87. The maximum atomic E-state index is 9.10. The summed E-state index contributed by atoms with van der Waals surface area (Å²) in [5.74, 6) is 0. The number of rotatable bonds is 5. The smallest absolute Gasteiger partial charge is 0.101 e. The highest BCUT2D eigenvalue weighted by Crippen LogP contribution is 2.21. The Labute approximate surface area is 125 Å². The van der Waals surface area contributed by atoms with Crippen LogP contribution in [0.1, 0.15) is 24.5 Å². The summed E-state index contributed by atoms with van der Waals surface area (Å²) >= 11 is 5.98. The van der Waals surface area contributed by atoms with Crippen LogP contribution >= 0.6 is 11.6 Å². The Morgan fingerprint density at radius 2 is 1.95 bits per heavy atom. The van der Waals surface area contributed by atoms with Crippen molar-refractivity contribution in [2.24, 2.45) is 0 Å². The minimum absolute atomic E-state index is 0.278. The highest BCUT2D eigenvalue weighted by atomic mass is 35.5. The molecule has 0 aromatic heterocycles. The fraction of sp³-hybridized carbons (Fsp3) is 0.235. The van der Waals surface area contributed by atoms with E-state index in [-0.39, 0.29) is 6.04 Å². The zero-order chi connectivity index (χ0) is 14.4. The van der Waals surface area contributed by atoms with Gasteiger partial charge in [-0.2, -0.15) is 5.26 Å². The molecule has 2 aromatic rings. The van der Waals surface area contributed by atoms with E-state index < -0.39 is 0 Å². The molecule has 1 N–H and O–H groups in total. The molecule has 0 heterocycles. The summed E-state index contributed by atoms with van der Waals surface area (Å²) in [6.07, 6.45) is 2.01. The molecule has 2 aromatic carbocycles. The van der Waals surface area contributed by atoms with E-state index >= 15 is 0 Å². The van der Waals surface area contributed by atoms with Crippen molar-refractivity contribution >= 4 is 17.3 Å². The van der Waals surface area contributed by atoms with Gasteiger partial charge in [0.15, 0.2) is 0 Å². The Morgan fingerprint density at radius 3 is 2.65 bits per heavy atom. The Kier molecular flexibility index (Phi) is 5.03. The summed E-state index contributed by atoms with van der Waals surface area (Å²) in [4.78, 5) is 0. The van der Waals surface area contributed by atoms with Gasteiger partial charge in [0.2, 0.25) is 0 Å². The maximum absolute atomic E-state index is 9.10. The average Bonchev–Trinajstić information content (AvgIpc) is 2.46. The number of hydrogen-bond donors (Lipinski definition) is 1. The molecule has 0 radical (unpaired) electrons. The van der Waals surface area contributed by atoms with Crippen LogP contribution in [0.4, 0.5) is 5.69 Å². The number of anilines is 1. The van der Waals surface area contributed by atoms with Crippen LogP contribution in [0.3, 0.4) is 0 Å². The van der Waals surface area contributed by atoms with Gasteiger partial charge in [0, 0.05) is 11.1 Å².